The van der Waals surface area contributed by atoms with Crippen LogP contribution < -0.4 is 5.48 Å². The number of hydrogen-bond donors (Lipinski definition) is 2. The van der Waals surface area contributed by atoms with Gasteiger partial charge in [0.25, 0.3) is 0 Å². The predicted octanol–water partition coefficient (Wildman–Crippen LogP) is 6.10. The van der Waals surface area contributed by atoms with Gasteiger partial charge in [0.1, 0.15) is 0 Å². The fourth-order valence-electron chi connectivity index (χ4n) is 2.92. The molecule has 2 aromatic carbocycles. The Labute approximate surface area is 176 Å². The van der Waals surface area contributed by atoms with Crippen LogP contribution in [-0.2, 0) is 10.4 Å². The average Bonchev–Trinajstić information content (AvgIpc) is 2.99. The molecule has 0 amide bonds. The summed E-state index contributed by atoms with van der Waals surface area (Å²) in [5.41, 5.74) is -0.0862. The van der Waals surface area contributed by atoms with Crippen molar-refractivity contribution in [3.63, 3.8) is 0 Å². The molecule has 1 heterocycles. The van der Waals surface area contributed by atoms with Crippen LogP contribution in [0.5, 0.6) is 0 Å². The van der Waals surface area contributed by atoms with E-state index in [9.17, 15) is 23.1 Å². The third-order valence-electron chi connectivity index (χ3n) is 4.19. The first kappa shape index (κ1) is 21.0. The molecule has 1 aliphatic heterocycles. The molecule has 28 heavy (non-hydrogen) atoms. The first-order valence-corrected chi connectivity index (χ1v) is 9.23. The minimum atomic E-state index is -4.83. The lowest BCUT2D eigenvalue weighted by Gasteiger charge is -2.28. The van der Waals surface area contributed by atoms with Crippen molar-refractivity contribution in [3.05, 3.63) is 73.2 Å². The Bertz CT molecular complexity index is 967. The lowest BCUT2D eigenvalue weighted by Crippen LogP contribution is -2.42. The van der Waals surface area contributed by atoms with E-state index in [-0.39, 0.29) is 31.3 Å². The van der Waals surface area contributed by atoms with Gasteiger partial charge in [-0.25, -0.2) is 4.79 Å². The second-order valence-electron chi connectivity index (χ2n) is 6.11. The van der Waals surface area contributed by atoms with Gasteiger partial charge < -0.3 is 5.11 Å². The summed E-state index contributed by atoms with van der Waals surface area (Å²) in [6, 6.07) is 6.41. The Hall–Kier alpha value is -1.74. The largest absolute Gasteiger partial charge is 0.478 e. The van der Waals surface area contributed by atoms with Crippen molar-refractivity contribution in [3.8, 4) is 0 Å². The standard InChI is InChI=1S/C18H11BrCl2F3NO3/c1-8-2-9(3-13(19)15(8)16(26)27)14-7-17(28-25-14,18(22,23)24)10-4-11(20)6-12(21)5-10/h2-7,25H,1H3,(H,26,27). The van der Waals surface area contributed by atoms with Gasteiger partial charge in [0.05, 0.1) is 11.3 Å². The molecule has 148 valence electrons. The first-order chi connectivity index (χ1) is 12.9. The van der Waals surface area contributed by atoms with E-state index in [1.807, 2.05) is 0 Å². The first-order valence-electron chi connectivity index (χ1n) is 7.68. The Kier molecular flexibility index (Phi) is 5.44. The molecule has 0 aliphatic carbocycles. The minimum absolute atomic E-state index is 0.0203. The Morgan fingerprint density at radius 2 is 1.79 bits per heavy atom. The molecule has 1 aliphatic rings. The predicted molar refractivity (Wildman–Crippen MR) is 102 cm³/mol. The molecule has 10 heteroatoms. The zero-order valence-corrected chi connectivity index (χ0v) is 17.1. The smallest absolute Gasteiger partial charge is 0.428 e. The van der Waals surface area contributed by atoms with Crippen LogP contribution >= 0.6 is 39.1 Å². The molecule has 0 radical (unpaired) electrons. The summed E-state index contributed by atoms with van der Waals surface area (Å²) in [5.74, 6) is -1.15. The molecule has 0 saturated carbocycles. The maximum atomic E-state index is 14.0. The maximum absolute atomic E-state index is 14.0. The number of carboxylic acid groups (broad SMARTS) is 1. The molecule has 2 aromatic rings. The van der Waals surface area contributed by atoms with E-state index in [1.54, 1.807) is 6.92 Å². The molecule has 0 fully saturated rings. The Morgan fingerprint density at radius 3 is 2.29 bits per heavy atom. The lowest BCUT2D eigenvalue weighted by atomic mass is 9.91. The monoisotopic (exact) mass is 495 g/mol. The topological polar surface area (TPSA) is 58.6 Å². The van der Waals surface area contributed by atoms with E-state index < -0.39 is 17.7 Å². The van der Waals surface area contributed by atoms with Crippen LogP contribution in [0.15, 0.2) is 40.9 Å². The quantitative estimate of drug-likeness (QED) is 0.539. The van der Waals surface area contributed by atoms with Gasteiger partial charge in [-0.05, 0) is 64.8 Å². The Balaban J connectivity index is 2.16. The molecule has 1 unspecified atom stereocenters. The highest BCUT2D eigenvalue weighted by molar-refractivity contribution is 9.10. The van der Waals surface area contributed by atoms with E-state index in [4.69, 9.17) is 28.0 Å². The molecule has 2 N–H and O–H groups in total. The van der Waals surface area contributed by atoms with E-state index in [1.165, 1.54) is 18.2 Å². The number of aromatic carboxylic acids is 1. The zero-order valence-electron chi connectivity index (χ0n) is 14.0. The van der Waals surface area contributed by atoms with Crippen molar-refractivity contribution in [2.75, 3.05) is 0 Å². The summed E-state index contributed by atoms with van der Waals surface area (Å²) in [4.78, 5) is 16.3. The Morgan fingerprint density at radius 1 is 1.18 bits per heavy atom. The van der Waals surface area contributed by atoms with Crippen LogP contribution in [0.3, 0.4) is 0 Å². The molecule has 0 saturated heterocycles. The summed E-state index contributed by atoms with van der Waals surface area (Å²) < 4.78 is 42.2. The molecule has 1 atom stereocenters. The normalized spacial score (nSPS) is 19.3. The van der Waals surface area contributed by atoms with Crippen LogP contribution in [0, 0.1) is 6.92 Å². The molecule has 4 nitrogen and oxygen atoms in total. The SMILES string of the molecule is Cc1cc(C2=CC(c3cc(Cl)cc(Cl)c3)(C(F)(F)F)ON2)cc(Br)c1C(=O)O. The van der Waals surface area contributed by atoms with E-state index in [2.05, 4.69) is 21.4 Å². The van der Waals surface area contributed by atoms with Crippen LogP contribution in [0.2, 0.25) is 10.0 Å². The molecule has 0 spiro atoms. The maximum Gasteiger partial charge on any atom is 0.428 e. The summed E-state index contributed by atoms with van der Waals surface area (Å²) in [6.07, 6.45) is -3.96. The highest BCUT2D eigenvalue weighted by Crippen LogP contribution is 2.48. The van der Waals surface area contributed by atoms with Crippen molar-refractivity contribution in [1.29, 1.82) is 0 Å². The number of nitrogens with one attached hydrogen (secondary N) is 1. The van der Waals surface area contributed by atoms with Gasteiger partial charge in [-0.2, -0.15) is 13.2 Å². The number of benzene rings is 2. The van der Waals surface area contributed by atoms with Gasteiger partial charge >= 0.3 is 12.1 Å². The highest BCUT2D eigenvalue weighted by atomic mass is 79.9. The van der Waals surface area contributed by atoms with Crippen LogP contribution in [0.4, 0.5) is 13.2 Å². The minimum Gasteiger partial charge on any atom is -0.478 e. The molecule has 3 rings (SSSR count). The number of carbonyl (C=O) groups is 1. The average molecular weight is 497 g/mol. The molecular weight excluding hydrogens is 486 g/mol. The molecule has 0 bridgehead atoms. The number of alkyl halides is 3. The van der Waals surface area contributed by atoms with Gasteiger partial charge in [0, 0.05) is 25.6 Å². The van der Waals surface area contributed by atoms with Gasteiger partial charge in [-0.15, -0.1) is 0 Å². The second-order valence-corrected chi connectivity index (χ2v) is 7.84. The fourth-order valence-corrected chi connectivity index (χ4v) is 4.18. The second kappa shape index (κ2) is 7.26. The van der Waals surface area contributed by atoms with Gasteiger partial charge in [0.15, 0.2) is 0 Å². The number of hydrogen-bond acceptors (Lipinski definition) is 3. The number of carboxylic acids is 1. The van der Waals surface area contributed by atoms with E-state index >= 15 is 0 Å². The van der Waals surface area contributed by atoms with Crippen molar-refractivity contribution in [2.24, 2.45) is 0 Å². The zero-order chi connectivity index (χ0) is 20.9. The number of halogens is 6. The van der Waals surface area contributed by atoms with Gasteiger partial charge in [-0.3, -0.25) is 10.3 Å². The third-order valence-corrected chi connectivity index (χ3v) is 5.26. The number of rotatable bonds is 3. The molecule has 0 aromatic heterocycles. The highest BCUT2D eigenvalue weighted by Gasteiger charge is 2.59. The van der Waals surface area contributed by atoms with Crippen molar-refractivity contribution in [1.82, 2.24) is 5.48 Å². The van der Waals surface area contributed by atoms with Crippen molar-refractivity contribution < 1.29 is 27.9 Å². The third kappa shape index (κ3) is 3.61. The van der Waals surface area contributed by atoms with Crippen LogP contribution in [-0.4, -0.2) is 17.3 Å². The summed E-state index contributed by atoms with van der Waals surface area (Å²) in [7, 11) is 0. The van der Waals surface area contributed by atoms with E-state index in [0.29, 0.717) is 11.1 Å². The summed E-state index contributed by atoms with van der Waals surface area (Å²) >= 11 is 14.9. The number of hydroxylamine groups is 1. The van der Waals surface area contributed by atoms with Gasteiger partial charge in [0.2, 0.25) is 5.60 Å². The summed E-state index contributed by atoms with van der Waals surface area (Å²) in [5, 5.41) is 9.29. The lowest BCUT2D eigenvalue weighted by molar-refractivity contribution is -0.269. The van der Waals surface area contributed by atoms with Crippen LogP contribution in [0.1, 0.15) is 27.0 Å². The number of aryl methyl sites for hydroxylation is 1. The fraction of sp³-hybridized carbons (Fsp3) is 0.167. The van der Waals surface area contributed by atoms with E-state index in [0.717, 1.165) is 18.2 Å². The van der Waals surface area contributed by atoms with Crippen LogP contribution in [0.25, 0.3) is 5.70 Å². The van der Waals surface area contributed by atoms with Crippen molar-refractivity contribution in [2.45, 2.75) is 18.7 Å². The summed E-state index contributed by atoms with van der Waals surface area (Å²) in [6.45, 7) is 1.54. The van der Waals surface area contributed by atoms with Gasteiger partial charge in [-0.1, -0.05) is 23.2 Å². The molecular formula is C18H11BrCl2F3NO3. The van der Waals surface area contributed by atoms with Crippen molar-refractivity contribution >= 4 is 50.8 Å².